The van der Waals surface area contributed by atoms with Gasteiger partial charge in [-0.1, -0.05) is 13.8 Å². The van der Waals surface area contributed by atoms with Gasteiger partial charge in [0.05, 0.1) is 5.41 Å². The number of carbonyl (C=O) groups excluding carboxylic acids is 1. The summed E-state index contributed by atoms with van der Waals surface area (Å²) in [7, 11) is 0. The summed E-state index contributed by atoms with van der Waals surface area (Å²) in [6, 6.07) is 1.79. The molecule has 0 spiro atoms. The molecule has 1 aliphatic heterocycles. The molecule has 20 heavy (non-hydrogen) atoms. The Balaban J connectivity index is 2.30. The van der Waals surface area contributed by atoms with Crippen LogP contribution in [0.4, 0.5) is 11.6 Å². The molecule has 110 valence electrons. The second kappa shape index (κ2) is 5.24. The molecule has 0 bridgehead atoms. The van der Waals surface area contributed by atoms with Gasteiger partial charge < -0.3 is 16.1 Å². The summed E-state index contributed by atoms with van der Waals surface area (Å²) in [5.41, 5.74) is 7.54. The Kier molecular flexibility index (Phi) is 3.80. The third-order valence-electron chi connectivity index (χ3n) is 3.79. The highest BCUT2D eigenvalue weighted by molar-refractivity contribution is 5.82. The number of nitrogens with one attached hydrogen (secondary N) is 1. The predicted molar refractivity (Wildman–Crippen MR) is 78.1 cm³/mol. The quantitative estimate of drug-likeness (QED) is 0.549. The Hall–Kier alpha value is -1.89. The van der Waals surface area contributed by atoms with Crippen LogP contribution in [0.1, 0.15) is 38.9 Å². The van der Waals surface area contributed by atoms with Crippen LogP contribution in [0.25, 0.3) is 0 Å². The van der Waals surface area contributed by atoms with E-state index < -0.39 is 5.41 Å². The molecule has 0 aliphatic carbocycles. The summed E-state index contributed by atoms with van der Waals surface area (Å²) in [6.45, 7) is 7.26. The lowest BCUT2D eigenvalue weighted by Gasteiger charge is -2.22. The second-order valence-corrected chi connectivity index (χ2v) is 5.87. The molecular weight excluding hydrogens is 256 g/mol. The van der Waals surface area contributed by atoms with Crippen LogP contribution in [0.2, 0.25) is 0 Å². The van der Waals surface area contributed by atoms with Crippen LogP contribution in [0, 0.1) is 5.41 Å². The van der Waals surface area contributed by atoms with Crippen LogP contribution in [-0.2, 0) is 4.79 Å². The fourth-order valence-corrected chi connectivity index (χ4v) is 2.30. The molecule has 1 unspecified atom stereocenters. The number of hydrogen-bond donors (Lipinski definition) is 3. The number of nitrogens with zero attached hydrogens (tertiary/aromatic N) is 3. The first-order valence-corrected chi connectivity index (χ1v) is 6.76. The van der Waals surface area contributed by atoms with Crippen molar-refractivity contribution in [2.45, 2.75) is 33.1 Å². The van der Waals surface area contributed by atoms with E-state index in [0.717, 1.165) is 24.6 Å². The number of rotatable bonds is 4. The third-order valence-corrected chi connectivity index (χ3v) is 3.79. The van der Waals surface area contributed by atoms with Gasteiger partial charge in [-0.3, -0.25) is 4.79 Å². The van der Waals surface area contributed by atoms with Crippen molar-refractivity contribution in [2.75, 3.05) is 23.4 Å². The fourth-order valence-electron chi connectivity index (χ4n) is 2.30. The van der Waals surface area contributed by atoms with E-state index in [0.29, 0.717) is 12.4 Å². The number of hydrazine groups is 1. The Morgan fingerprint density at radius 2 is 2.20 bits per heavy atom. The number of anilines is 2. The number of hydrogen-bond acceptors (Lipinski definition) is 6. The van der Waals surface area contributed by atoms with E-state index in [1.54, 1.807) is 6.07 Å². The van der Waals surface area contributed by atoms with Gasteiger partial charge in [0.2, 0.25) is 5.91 Å². The highest BCUT2D eigenvalue weighted by Crippen LogP contribution is 2.33. The maximum atomic E-state index is 11.5. The molecule has 0 aromatic carbocycles. The molecule has 1 aliphatic rings. The van der Waals surface area contributed by atoms with E-state index in [9.17, 15) is 4.79 Å². The van der Waals surface area contributed by atoms with Crippen LogP contribution in [0.15, 0.2) is 6.07 Å². The van der Waals surface area contributed by atoms with Crippen LogP contribution in [-0.4, -0.2) is 29.0 Å². The molecule has 5 N–H and O–H groups in total. The summed E-state index contributed by atoms with van der Waals surface area (Å²) < 4.78 is 0. The molecule has 1 saturated heterocycles. The average Bonchev–Trinajstić information content (AvgIpc) is 2.82. The van der Waals surface area contributed by atoms with Gasteiger partial charge in [0, 0.05) is 25.1 Å². The number of aromatic nitrogens is 2. The monoisotopic (exact) mass is 278 g/mol. The lowest BCUT2D eigenvalue weighted by molar-refractivity contribution is -0.125. The van der Waals surface area contributed by atoms with Crippen molar-refractivity contribution >= 4 is 17.5 Å². The second-order valence-electron chi connectivity index (χ2n) is 5.87. The summed E-state index contributed by atoms with van der Waals surface area (Å²) in [6.07, 6.45) is 0.731. The van der Waals surface area contributed by atoms with Crippen LogP contribution in [0.5, 0.6) is 0 Å². The molecular formula is C13H22N6O. The van der Waals surface area contributed by atoms with Gasteiger partial charge in [0.25, 0.3) is 0 Å². The maximum Gasteiger partial charge on any atom is 0.225 e. The minimum absolute atomic E-state index is 0.201. The molecule has 7 heteroatoms. The van der Waals surface area contributed by atoms with E-state index in [2.05, 4.69) is 20.3 Å². The summed E-state index contributed by atoms with van der Waals surface area (Å²) in [4.78, 5) is 22.5. The van der Waals surface area contributed by atoms with E-state index in [4.69, 9.17) is 11.6 Å². The lowest BCUT2D eigenvalue weighted by atomic mass is 9.89. The van der Waals surface area contributed by atoms with Gasteiger partial charge in [-0.25, -0.2) is 15.8 Å². The van der Waals surface area contributed by atoms with E-state index in [-0.39, 0.29) is 11.8 Å². The topological polar surface area (TPSA) is 110 Å². The molecule has 2 heterocycles. The molecule has 1 aromatic heterocycles. The van der Waals surface area contributed by atoms with Crippen molar-refractivity contribution in [3.05, 3.63) is 11.9 Å². The molecule has 7 nitrogen and oxygen atoms in total. The Bertz CT molecular complexity index is 518. The third kappa shape index (κ3) is 2.67. The van der Waals surface area contributed by atoms with Gasteiger partial charge >= 0.3 is 0 Å². The average molecular weight is 278 g/mol. The molecule has 1 atom stereocenters. The van der Waals surface area contributed by atoms with Gasteiger partial charge in [0.15, 0.2) is 0 Å². The fraction of sp³-hybridized carbons (Fsp3) is 0.615. The summed E-state index contributed by atoms with van der Waals surface area (Å²) in [5, 5.41) is 0. The van der Waals surface area contributed by atoms with Crippen molar-refractivity contribution < 1.29 is 4.79 Å². The highest BCUT2D eigenvalue weighted by atomic mass is 16.1. The predicted octanol–water partition coefficient (Wildman–Crippen LogP) is 0.587. The minimum Gasteiger partial charge on any atom is -0.369 e. The largest absolute Gasteiger partial charge is 0.369 e. The zero-order chi connectivity index (χ0) is 14.9. The van der Waals surface area contributed by atoms with Crippen LogP contribution < -0.4 is 21.9 Å². The first-order chi connectivity index (χ1) is 9.35. The number of primary amides is 1. The Morgan fingerprint density at radius 3 is 2.70 bits per heavy atom. The van der Waals surface area contributed by atoms with Crippen molar-refractivity contribution in [3.63, 3.8) is 0 Å². The first-order valence-electron chi connectivity index (χ1n) is 6.76. The number of nitrogen functional groups attached to an aromatic ring is 1. The highest BCUT2D eigenvalue weighted by Gasteiger charge is 2.39. The number of nitrogens with two attached hydrogens (primary N) is 2. The van der Waals surface area contributed by atoms with E-state index in [1.807, 2.05) is 20.8 Å². The van der Waals surface area contributed by atoms with Gasteiger partial charge in [-0.15, -0.1) is 0 Å². The van der Waals surface area contributed by atoms with Crippen molar-refractivity contribution in [3.8, 4) is 0 Å². The molecule has 0 radical (unpaired) electrons. The normalized spacial score (nSPS) is 22.4. The van der Waals surface area contributed by atoms with Crippen LogP contribution in [0.3, 0.4) is 0 Å². The zero-order valence-corrected chi connectivity index (χ0v) is 12.2. The lowest BCUT2D eigenvalue weighted by Crippen LogP contribution is -2.37. The Labute approximate surface area is 118 Å². The van der Waals surface area contributed by atoms with Crippen molar-refractivity contribution in [1.82, 2.24) is 9.97 Å². The molecule has 1 fully saturated rings. The van der Waals surface area contributed by atoms with Gasteiger partial charge in [-0.2, -0.15) is 0 Å². The van der Waals surface area contributed by atoms with Gasteiger partial charge in [-0.05, 0) is 13.3 Å². The van der Waals surface area contributed by atoms with Crippen LogP contribution >= 0.6 is 0 Å². The molecule has 2 rings (SSSR count). The maximum absolute atomic E-state index is 11.5. The SMILES string of the molecule is CC(C)c1nc(NN)cc(N2CCC(C)(C(N)=O)C2)n1. The zero-order valence-electron chi connectivity index (χ0n) is 12.2. The molecule has 1 amide bonds. The smallest absolute Gasteiger partial charge is 0.225 e. The standard InChI is InChI=1S/C13H22N6O/c1-8(2)11-16-9(18-15)6-10(17-11)19-5-4-13(3,7-19)12(14)20/h6,8H,4-5,7,15H2,1-3H3,(H2,14,20)(H,16,17,18). The first kappa shape index (κ1) is 14.5. The van der Waals surface area contributed by atoms with Gasteiger partial charge in [0.1, 0.15) is 17.5 Å². The van der Waals surface area contributed by atoms with E-state index >= 15 is 0 Å². The minimum atomic E-state index is -0.501. The Morgan fingerprint density at radius 1 is 1.50 bits per heavy atom. The van der Waals surface area contributed by atoms with Crippen molar-refractivity contribution in [2.24, 2.45) is 17.0 Å². The number of amides is 1. The summed E-state index contributed by atoms with van der Waals surface area (Å²) >= 11 is 0. The van der Waals surface area contributed by atoms with E-state index in [1.165, 1.54) is 0 Å². The summed E-state index contributed by atoms with van der Waals surface area (Å²) in [5.74, 6) is 7.47. The number of carbonyl (C=O) groups is 1. The molecule has 1 aromatic rings. The molecule has 0 saturated carbocycles. The van der Waals surface area contributed by atoms with Crippen molar-refractivity contribution in [1.29, 1.82) is 0 Å².